The highest BCUT2D eigenvalue weighted by atomic mass is 32.2. The molecule has 1 saturated heterocycles. The summed E-state index contributed by atoms with van der Waals surface area (Å²) in [5.74, 6) is 0.151. The molecule has 1 aromatic rings. The topological polar surface area (TPSA) is 85.6 Å². The molecule has 0 aromatic heterocycles. The summed E-state index contributed by atoms with van der Waals surface area (Å²) in [5.41, 5.74) is -0.606. The molecular formula is C23H34N2O4S. The van der Waals surface area contributed by atoms with Crippen molar-refractivity contribution in [2.45, 2.75) is 58.6 Å². The lowest BCUT2D eigenvalue weighted by atomic mass is 9.69. The number of esters is 1. The highest BCUT2D eigenvalue weighted by molar-refractivity contribution is 7.89. The van der Waals surface area contributed by atoms with Gasteiger partial charge >= 0.3 is 5.97 Å². The zero-order valence-electron chi connectivity index (χ0n) is 18.5. The molecule has 7 heteroatoms. The Balaban J connectivity index is 1.61. The number of benzene rings is 1. The zero-order valence-corrected chi connectivity index (χ0v) is 19.3. The molecule has 166 valence electrons. The van der Waals surface area contributed by atoms with Crippen LogP contribution in [0, 0.1) is 16.7 Å². The van der Waals surface area contributed by atoms with Gasteiger partial charge in [-0.3, -0.25) is 5.32 Å². The molecule has 2 bridgehead atoms. The summed E-state index contributed by atoms with van der Waals surface area (Å²) in [4.78, 5) is 13.3. The Labute approximate surface area is 180 Å². The molecule has 4 rings (SSSR count). The fourth-order valence-corrected chi connectivity index (χ4v) is 8.37. The van der Waals surface area contributed by atoms with Crippen LogP contribution in [0.15, 0.2) is 30.3 Å². The van der Waals surface area contributed by atoms with E-state index in [0.29, 0.717) is 25.6 Å². The first-order valence-corrected chi connectivity index (χ1v) is 12.7. The minimum atomic E-state index is -3.44. The third kappa shape index (κ3) is 3.12. The Bertz CT molecular complexity index is 906. The lowest BCUT2D eigenvalue weighted by Crippen LogP contribution is -2.50. The molecule has 2 saturated carbocycles. The number of carbonyl (C=O) groups is 1. The average molecular weight is 435 g/mol. The van der Waals surface area contributed by atoms with Crippen molar-refractivity contribution < 1.29 is 17.9 Å². The summed E-state index contributed by atoms with van der Waals surface area (Å²) >= 11 is 0. The second kappa shape index (κ2) is 7.31. The fourth-order valence-electron chi connectivity index (χ4n) is 6.05. The van der Waals surface area contributed by atoms with E-state index >= 15 is 0 Å². The van der Waals surface area contributed by atoms with Gasteiger partial charge in [-0.2, -0.15) is 0 Å². The van der Waals surface area contributed by atoms with E-state index in [1.54, 1.807) is 0 Å². The molecule has 30 heavy (non-hydrogen) atoms. The minimum Gasteiger partial charge on any atom is -0.460 e. The van der Waals surface area contributed by atoms with Crippen LogP contribution in [0.1, 0.15) is 52.5 Å². The van der Waals surface area contributed by atoms with Crippen molar-refractivity contribution in [1.29, 1.82) is 0 Å². The molecule has 3 aliphatic rings. The SMILES string of the molecule is CCN(CC)S(=O)(=O)C[C@@]12CC[C@H](C[C@H]1OC(=O)[C@]1(c3ccccc3)CN1)C2(C)C. The van der Waals surface area contributed by atoms with E-state index < -0.39 is 21.0 Å². The number of carbonyl (C=O) groups excluding carboxylic acids is 1. The lowest BCUT2D eigenvalue weighted by Gasteiger charge is -2.42. The number of fused-ring (bicyclic) bond motifs is 2. The predicted octanol–water partition coefficient (Wildman–Crippen LogP) is 2.89. The molecule has 0 spiro atoms. The quantitative estimate of drug-likeness (QED) is 0.502. The third-order valence-corrected chi connectivity index (χ3v) is 10.5. The monoisotopic (exact) mass is 434 g/mol. The van der Waals surface area contributed by atoms with Crippen LogP contribution in [0.25, 0.3) is 0 Å². The summed E-state index contributed by atoms with van der Waals surface area (Å²) in [6, 6.07) is 9.64. The van der Waals surface area contributed by atoms with Crippen molar-refractivity contribution in [2.75, 3.05) is 25.4 Å². The minimum absolute atomic E-state index is 0.0505. The Morgan fingerprint density at radius 2 is 1.83 bits per heavy atom. The van der Waals surface area contributed by atoms with E-state index in [-0.39, 0.29) is 23.2 Å². The molecule has 3 fully saturated rings. The van der Waals surface area contributed by atoms with Crippen molar-refractivity contribution in [1.82, 2.24) is 9.62 Å². The van der Waals surface area contributed by atoms with Gasteiger partial charge in [0.05, 0.1) is 5.75 Å². The van der Waals surface area contributed by atoms with Crippen molar-refractivity contribution in [3.8, 4) is 0 Å². The van der Waals surface area contributed by atoms with Gasteiger partial charge in [0.2, 0.25) is 10.0 Å². The number of hydrogen-bond donors (Lipinski definition) is 1. The van der Waals surface area contributed by atoms with Gasteiger partial charge in [-0.15, -0.1) is 0 Å². The first-order valence-electron chi connectivity index (χ1n) is 11.1. The number of nitrogens with one attached hydrogen (secondary N) is 1. The third-order valence-electron chi connectivity index (χ3n) is 8.29. The Morgan fingerprint density at radius 1 is 1.20 bits per heavy atom. The largest absolute Gasteiger partial charge is 0.460 e. The Morgan fingerprint density at radius 3 is 2.37 bits per heavy atom. The average Bonchev–Trinajstić information content (AvgIpc) is 3.45. The summed E-state index contributed by atoms with van der Waals surface area (Å²) in [6.45, 7) is 9.55. The maximum Gasteiger partial charge on any atom is 0.332 e. The van der Waals surface area contributed by atoms with Gasteiger partial charge in [0, 0.05) is 25.0 Å². The number of rotatable bonds is 8. The Kier molecular flexibility index (Phi) is 5.31. The van der Waals surface area contributed by atoms with Crippen LogP contribution in [0.4, 0.5) is 0 Å². The molecule has 1 N–H and O–H groups in total. The summed E-state index contributed by atoms with van der Waals surface area (Å²) < 4.78 is 34.2. The van der Waals surface area contributed by atoms with Crippen LogP contribution in [-0.4, -0.2) is 50.2 Å². The van der Waals surface area contributed by atoms with Crippen molar-refractivity contribution in [3.63, 3.8) is 0 Å². The van der Waals surface area contributed by atoms with Crippen molar-refractivity contribution >= 4 is 16.0 Å². The maximum absolute atomic E-state index is 13.3. The van der Waals surface area contributed by atoms with Crippen molar-refractivity contribution in [3.05, 3.63) is 35.9 Å². The van der Waals surface area contributed by atoms with Crippen LogP contribution in [0.2, 0.25) is 0 Å². The van der Waals surface area contributed by atoms with Crippen LogP contribution in [0.3, 0.4) is 0 Å². The summed E-state index contributed by atoms with van der Waals surface area (Å²) in [7, 11) is -3.44. The smallest absolute Gasteiger partial charge is 0.332 e. The predicted molar refractivity (Wildman–Crippen MR) is 116 cm³/mol. The molecule has 0 radical (unpaired) electrons. The Hall–Kier alpha value is -1.44. The highest BCUT2D eigenvalue weighted by Gasteiger charge is 2.68. The molecular weight excluding hydrogens is 400 g/mol. The van der Waals surface area contributed by atoms with E-state index in [2.05, 4.69) is 19.2 Å². The molecule has 1 aliphatic heterocycles. The van der Waals surface area contributed by atoms with Gasteiger partial charge in [-0.05, 0) is 36.2 Å². The molecule has 6 nitrogen and oxygen atoms in total. The summed E-state index contributed by atoms with van der Waals surface area (Å²) in [6.07, 6.45) is 2.16. The zero-order chi connectivity index (χ0) is 21.8. The summed E-state index contributed by atoms with van der Waals surface area (Å²) in [5, 5.41) is 3.20. The standard InChI is InChI=1S/C23H34N2O4S/c1-5-25(6-2)30(27,28)16-22-13-12-18(21(22,3)4)14-19(22)29-20(26)23(15-24-23)17-10-8-7-9-11-17/h7-11,18-19,24H,5-6,12-16H2,1-4H3/t18-,19-,22+,23-/m1/s1. The van der Waals surface area contributed by atoms with Gasteiger partial charge < -0.3 is 4.74 Å². The molecule has 1 aromatic carbocycles. The van der Waals surface area contributed by atoms with E-state index in [4.69, 9.17) is 4.74 Å². The van der Waals surface area contributed by atoms with E-state index in [1.165, 1.54) is 4.31 Å². The first kappa shape index (κ1) is 21.8. The van der Waals surface area contributed by atoms with Gasteiger partial charge in [-0.25, -0.2) is 17.5 Å². The van der Waals surface area contributed by atoms with Gasteiger partial charge in [0.15, 0.2) is 5.54 Å². The van der Waals surface area contributed by atoms with E-state index in [0.717, 1.165) is 24.8 Å². The lowest BCUT2D eigenvalue weighted by molar-refractivity contribution is -0.160. The normalized spacial score (nSPS) is 34.3. The molecule has 0 unspecified atom stereocenters. The van der Waals surface area contributed by atoms with Crippen LogP contribution in [0.5, 0.6) is 0 Å². The molecule has 4 atom stereocenters. The fraction of sp³-hybridized carbons (Fsp3) is 0.696. The number of sulfonamides is 1. The highest BCUT2D eigenvalue weighted by Crippen LogP contribution is 2.67. The second-order valence-electron chi connectivity index (χ2n) is 9.71. The van der Waals surface area contributed by atoms with Crippen LogP contribution < -0.4 is 5.32 Å². The second-order valence-corrected chi connectivity index (χ2v) is 11.7. The van der Waals surface area contributed by atoms with Crippen LogP contribution >= 0.6 is 0 Å². The number of hydrogen-bond acceptors (Lipinski definition) is 5. The molecule has 0 amide bonds. The maximum atomic E-state index is 13.3. The first-order chi connectivity index (χ1) is 14.1. The van der Waals surface area contributed by atoms with Gasteiger partial charge in [0.25, 0.3) is 0 Å². The number of ether oxygens (including phenoxy) is 1. The molecule has 1 heterocycles. The van der Waals surface area contributed by atoms with Gasteiger partial charge in [-0.1, -0.05) is 58.0 Å². The van der Waals surface area contributed by atoms with E-state index in [9.17, 15) is 13.2 Å². The number of nitrogens with zero attached hydrogens (tertiary/aromatic N) is 1. The van der Waals surface area contributed by atoms with Gasteiger partial charge in [0.1, 0.15) is 6.10 Å². The van der Waals surface area contributed by atoms with Crippen molar-refractivity contribution in [2.24, 2.45) is 16.7 Å². The van der Waals surface area contributed by atoms with Crippen LogP contribution in [-0.2, 0) is 25.1 Å². The van der Waals surface area contributed by atoms with E-state index in [1.807, 2.05) is 44.2 Å². The molecule has 2 aliphatic carbocycles.